The van der Waals surface area contributed by atoms with Crippen molar-refractivity contribution in [2.45, 2.75) is 46.1 Å². The van der Waals surface area contributed by atoms with Crippen LogP contribution in [0.1, 0.15) is 40.0 Å². The summed E-state index contributed by atoms with van der Waals surface area (Å²) in [6.07, 6.45) is 2.78. The van der Waals surface area contributed by atoms with Gasteiger partial charge in [0.2, 0.25) is 0 Å². The summed E-state index contributed by atoms with van der Waals surface area (Å²) in [5.74, 6) is 0.625. The summed E-state index contributed by atoms with van der Waals surface area (Å²) in [6.45, 7) is 9.29. The molecule has 2 atom stereocenters. The summed E-state index contributed by atoms with van der Waals surface area (Å²) in [6, 6.07) is 0.116. The first-order valence-corrected chi connectivity index (χ1v) is 8.73. The van der Waals surface area contributed by atoms with Gasteiger partial charge in [0.1, 0.15) is 0 Å². The molecule has 0 saturated carbocycles. The third-order valence-corrected chi connectivity index (χ3v) is 5.95. The minimum Gasteiger partial charge on any atom is -0.317 e. The molecule has 5 nitrogen and oxygen atoms in total. The van der Waals surface area contributed by atoms with Gasteiger partial charge in [-0.15, -0.1) is 0 Å². The highest BCUT2D eigenvalue weighted by Gasteiger charge is 2.34. The van der Waals surface area contributed by atoms with Gasteiger partial charge in [0.15, 0.2) is 0 Å². The summed E-state index contributed by atoms with van der Waals surface area (Å²) in [5, 5.41) is 3.21. The van der Waals surface area contributed by atoms with E-state index in [4.69, 9.17) is 0 Å². The van der Waals surface area contributed by atoms with Crippen molar-refractivity contribution in [2.24, 2.45) is 5.92 Å². The number of piperidine rings is 1. The molecule has 1 rings (SSSR count). The minimum absolute atomic E-state index is 0.116. The molecule has 19 heavy (non-hydrogen) atoms. The lowest BCUT2D eigenvalue weighted by molar-refractivity contribution is 0.208. The first kappa shape index (κ1) is 16.9. The molecule has 1 aliphatic heterocycles. The molecule has 0 aromatic heterocycles. The molecule has 1 aliphatic rings. The third-order valence-electron chi connectivity index (χ3n) is 3.84. The van der Waals surface area contributed by atoms with Gasteiger partial charge < -0.3 is 5.32 Å². The topological polar surface area (TPSA) is 52.7 Å². The van der Waals surface area contributed by atoms with E-state index in [0.717, 1.165) is 32.4 Å². The molecule has 0 amide bonds. The van der Waals surface area contributed by atoms with Gasteiger partial charge in [-0.3, -0.25) is 0 Å². The van der Waals surface area contributed by atoms with Gasteiger partial charge in [-0.25, -0.2) is 0 Å². The molecule has 0 aliphatic carbocycles. The van der Waals surface area contributed by atoms with Gasteiger partial charge >= 0.3 is 0 Å². The number of hydrogen-bond acceptors (Lipinski definition) is 3. The van der Waals surface area contributed by atoms with Crippen molar-refractivity contribution >= 4 is 10.2 Å². The van der Waals surface area contributed by atoms with E-state index in [1.165, 1.54) is 4.31 Å². The van der Waals surface area contributed by atoms with Crippen molar-refractivity contribution in [3.63, 3.8) is 0 Å². The van der Waals surface area contributed by atoms with Crippen molar-refractivity contribution in [1.82, 2.24) is 13.9 Å². The fourth-order valence-corrected chi connectivity index (χ4v) is 4.22. The maximum absolute atomic E-state index is 12.5. The zero-order chi connectivity index (χ0) is 14.5. The van der Waals surface area contributed by atoms with E-state index in [-0.39, 0.29) is 6.04 Å². The SMILES string of the molecule is CCNCCCN(C)S(=O)(=O)N1CCC(C)CC1C. The Kier molecular flexibility index (Phi) is 6.73. The Morgan fingerprint density at radius 2 is 2.05 bits per heavy atom. The second kappa shape index (κ2) is 7.57. The van der Waals surface area contributed by atoms with Crippen LogP contribution in [0, 0.1) is 5.92 Å². The van der Waals surface area contributed by atoms with Crippen LogP contribution in [0.25, 0.3) is 0 Å². The second-order valence-corrected chi connectivity index (χ2v) is 7.61. The normalized spacial score (nSPS) is 25.9. The highest BCUT2D eigenvalue weighted by molar-refractivity contribution is 7.86. The van der Waals surface area contributed by atoms with Crippen LogP contribution in [-0.2, 0) is 10.2 Å². The monoisotopic (exact) mass is 291 g/mol. The average Bonchev–Trinajstić information content (AvgIpc) is 2.33. The predicted octanol–water partition coefficient (Wildman–Crippen LogP) is 1.28. The Hall–Kier alpha value is -0.170. The molecule has 0 bridgehead atoms. The van der Waals surface area contributed by atoms with Crippen LogP contribution < -0.4 is 5.32 Å². The quantitative estimate of drug-likeness (QED) is 0.719. The Morgan fingerprint density at radius 1 is 1.37 bits per heavy atom. The van der Waals surface area contributed by atoms with Gasteiger partial charge in [-0.2, -0.15) is 17.0 Å². The fourth-order valence-electron chi connectivity index (χ4n) is 2.63. The molecular formula is C13H29N3O2S. The third kappa shape index (κ3) is 4.70. The smallest absolute Gasteiger partial charge is 0.281 e. The Bertz CT molecular complexity index is 359. The molecule has 0 radical (unpaired) electrons. The Morgan fingerprint density at radius 3 is 2.63 bits per heavy atom. The number of hydrogen-bond donors (Lipinski definition) is 1. The second-order valence-electron chi connectivity index (χ2n) is 5.63. The highest BCUT2D eigenvalue weighted by atomic mass is 32.2. The average molecular weight is 291 g/mol. The lowest BCUT2D eigenvalue weighted by Gasteiger charge is -2.37. The van der Waals surface area contributed by atoms with Crippen molar-refractivity contribution in [3.05, 3.63) is 0 Å². The van der Waals surface area contributed by atoms with Gasteiger partial charge in [0.25, 0.3) is 10.2 Å². The number of nitrogens with zero attached hydrogens (tertiary/aromatic N) is 2. The lowest BCUT2D eigenvalue weighted by atomic mass is 9.95. The number of rotatable bonds is 7. The summed E-state index contributed by atoms with van der Waals surface area (Å²) >= 11 is 0. The summed E-state index contributed by atoms with van der Waals surface area (Å²) < 4.78 is 28.2. The van der Waals surface area contributed by atoms with Crippen LogP contribution in [0.15, 0.2) is 0 Å². The molecule has 1 heterocycles. The Balaban J connectivity index is 2.54. The standard InChI is InChI=1S/C13H29N3O2S/c1-5-14-8-6-9-15(4)19(17,18)16-10-7-12(2)11-13(16)3/h12-14H,5-11H2,1-4H3. The van der Waals surface area contributed by atoms with Crippen molar-refractivity contribution < 1.29 is 8.42 Å². The molecule has 0 aromatic carbocycles. The minimum atomic E-state index is -3.28. The zero-order valence-electron chi connectivity index (χ0n) is 12.7. The molecule has 1 N–H and O–H groups in total. The summed E-state index contributed by atoms with van der Waals surface area (Å²) in [4.78, 5) is 0. The van der Waals surface area contributed by atoms with E-state index in [9.17, 15) is 8.42 Å². The largest absolute Gasteiger partial charge is 0.317 e. The van der Waals surface area contributed by atoms with Gasteiger partial charge in [-0.05, 0) is 45.2 Å². The molecule has 1 saturated heterocycles. The van der Waals surface area contributed by atoms with Crippen LogP contribution in [0.2, 0.25) is 0 Å². The molecule has 0 aromatic rings. The van der Waals surface area contributed by atoms with E-state index in [0.29, 0.717) is 19.0 Å². The van der Waals surface area contributed by atoms with Crippen LogP contribution in [0.5, 0.6) is 0 Å². The number of nitrogens with one attached hydrogen (secondary N) is 1. The van der Waals surface area contributed by atoms with Crippen LogP contribution in [0.4, 0.5) is 0 Å². The van der Waals surface area contributed by atoms with Crippen LogP contribution in [-0.4, -0.2) is 56.3 Å². The fraction of sp³-hybridized carbons (Fsp3) is 1.00. The van der Waals surface area contributed by atoms with E-state index >= 15 is 0 Å². The van der Waals surface area contributed by atoms with Crippen molar-refractivity contribution in [1.29, 1.82) is 0 Å². The van der Waals surface area contributed by atoms with Crippen LogP contribution >= 0.6 is 0 Å². The molecule has 2 unspecified atom stereocenters. The van der Waals surface area contributed by atoms with Gasteiger partial charge in [0.05, 0.1) is 0 Å². The molecular weight excluding hydrogens is 262 g/mol. The first-order valence-electron chi connectivity index (χ1n) is 7.33. The lowest BCUT2D eigenvalue weighted by Crippen LogP contribution is -2.50. The van der Waals surface area contributed by atoms with E-state index in [1.807, 2.05) is 6.92 Å². The van der Waals surface area contributed by atoms with Crippen molar-refractivity contribution in [2.75, 3.05) is 33.2 Å². The summed E-state index contributed by atoms with van der Waals surface area (Å²) in [5.41, 5.74) is 0. The van der Waals surface area contributed by atoms with Gasteiger partial charge in [-0.1, -0.05) is 13.8 Å². The molecule has 0 spiro atoms. The highest BCUT2D eigenvalue weighted by Crippen LogP contribution is 2.25. The first-order chi connectivity index (χ1) is 8.89. The molecule has 1 fully saturated rings. The zero-order valence-corrected chi connectivity index (χ0v) is 13.5. The Labute approximate surface area is 118 Å². The predicted molar refractivity (Wildman–Crippen MR) is 79.3 cm³/mol. The van der Waals surface area contributed by atoms with E-state index in [2.05, 4.69) is 19.2 Å². The maximum atomic E-state index is 12.5. The maximum Gasteiger partial charge on any atom is 0.281 e. The summed E-state index contributed by atoms with van der Waals surface area (Å²) in [7, 11) is -1.60. The molecule has 114 valence electrons. The van der Waals surface area contributed by atoms with Crippen LogP contribution in [0.3, 0.4) is 0 Å². The van der Waals surface area contributed by atoms with Gasteiger partial charge in [0, 0.05) is 26.2 Å². The van der Waals surface area contributed by atoms with Crippen molar-refractivity contribution in [3.8, 4) is 0 Å². The van der Waals surface area contributed by atoms with E-state index in [1.54, 1.807) is 11.4 Å². The molecule has 6 heteroatoms. The van der Waals surface area contributed by atoms with E-state index < -0.39 is 10.2 Å².